The second-order valence-corrected chi connectivity index (χ2v) is 3.88. The van der Waals surface area contributed by atoms with Gasteiger partial charge in [0, 0.05) is 31.7 Å². The zero-order valence-corrected chi connectivity index (χ0v) is 10.2. The fourth-order valence-corrected chi connectivity index (χ4v) is 1.72. The highest BCUT2D eigenvalue weighted by atomic mass is 15.2. The van der Waals surface area contributed by atoms with Crippen molar-refractivity contribution in [1.29, 1.82) is 5.26 Å². The van der Waals surface area contributed by atoms with Crippen molar-refractivity contribution >= 4 is 5.82 Å². The van der Waals surface area contributed by atoms with Gasteiger partial charge in [-0.15, -0.1) is 0 Å². The molecule has 0 saturated heterocycles. The summed E-state index contributed by atoms with van der Waals surface area (Å²) in [5.41, 5.74) is 1.81. The Hall–Kier alpha value is -2.41. The molecule has 2 aromatic heterocycles. The number of rotatable bonds is 4. The number of nitriles is 1. The minimum Gasteiger partial charge on any atom is -0.353 e. The molecule has 0 unspecified atom stereocenters. The van der Waals surface area contributed by atoms with Crippen molar-refractivity contribution in [3.8, 4) is 6.07 Å². The maximum Gasteiger partial charge on any atom is 0.130 e. The molecule has 90 valence electrons. The van der Waals surface area contributed by atoms with Crippen LogP contribution < -0.4 is 4.90 Å². The number of nitrogens with zero attached hydrogens (tertiary/aromatic N) is 4. The van der Waals surface area contributed by atoms with E-state index < -0.39 is 0 Å². The van der Waals surface area contributed by atoms with E-state index in [9.17, 15) is 0 Å². The summed E-state index contributed by atoms with van der Waals surface area (Å²) in [6.07, 6.45) is 5.23. The highest BCUT2D eigenvalue weighted by Crippen LogP contribution is 2.15. The Bertz CT molecular complexity index is 545. The van der Waals surface area contributed by atoms with Crippen LogP contribution in [0.25, 0.3) is 0 Å². The van der Waals surface area contributed by atoms with Crippen molar-refractivity contribution in [3.05, 3.63) is 54.0 Å². The minimum atomic E-state index is 0.633. The van der Waals surface area contributed by atoms with Crippen molar-refractivity contribution in [2.24, 2.45) is 0 Å². The Labute approximate surface area is 107 Å². The molecule has 0 N–H and O–H groups in total. The topological polar surface area (TPSA) is 52.8 Å². The Kier molecular flexibility index (Phi) is 3.87. The van der Waals surface area contributed by atoms with Gasteiger partial charge in [0.1, 0.15) is 5.82 Å². The van der Waals surface area contributed by atoms with Crippen LogP contribution in [-0.4, -0.2) is 16.5 Å². The molecule has 2 heterocycles. The normalized spacial score (nSPS) is 9.78. The molecule has 0 aliphatic rings. The lowest BCUT2D eigenvalue weighted by molar-refractivity contribution is 0.812. The maximum absolute atomic E-state index is 8.90. The average molecular weight is 238 g/mol. The van der Waals surface area contributed by atoms with Gasteiger partial charge in [0.25, 0.3) is 0 Å². The van der Waals surface area contributed by atoms with Gasteiger partial charge >= 0.3 is 0 Å². The molecule has 0 spiro atoms. The van der Waals surface area contributed by atoms with E-state index >= 15 is 0 Å². The predicted octanol–water partition coefficient (Wildman–Crippen LogP) is 2.37. The smallest absolute Gasteiger partial charge is 0.130 e. The van der Waals surface area contributed by atoms with Crippen LogP contribution >= 0.6 is 0 Å². The summed E-state index contributed by atoms with van der Waals surface area (Å²) in [6, 6.07) is 9.62. The van der Waals surface area contributed by atoms with E-state index in [1.165, 1.54) is 5.56 Å². The molecule has 0 saturated carbocycles. The molecule has 18 heavy (non-hydrogen) atoms. The first-order chi connectivity index (χ1) is 8.83. The third-order valence-corrected chi connectivity index (χ3v) is 2.70. The summed E-state index contributed by atoms with van der Waals surface area (Å²) < 4.78 is 0. The number of hydrogen-bond acceptors (Lipinski definition) is 4. The Morgan fingerprint density at radius 2 is 2.00 bits per heavy atom. The molecule has 4 heteroatoms. The molecule has 0 amide bonds. The second-order valence-electron chi connectivity index (χ2n) is 3.88. The van der Waals surface area contributed by atoms with Crippen molar-refractivity contribution in [2.45, 2.75) is 13.5 Å². The van der Waals surface area contributed by atoms with E-state index in [2.05, 4.69) is 27.9 Å². The van der Waals surface area contributed by atoms with Crippen LogP contribution in [0.15, 0.2) is 42.9 Å². The summed E-state index contributed by atoms with van der Waals surface area (Å²) in [4.78, 5) is 10.4. The van der Waals surface area contributed by atoms with Gasteiger partial charge in [-0.1, -0.05) is 0 Å². The van der Waals surface area contributed by atoms with Gasteiger partial charge in [-0.2, -0.15) is 5.26 Å². The Morgan fingerprint density at radius 3 is 2.67 bits per heavy atom. The van der Waals surface area contributed by atoms with Crippen LogP contribution in [0.2, 0.25) is 0 Å². The summed E-state index contributed by atoms with van der Waals surface area (Å²) >= 11 is 0. The third kappa shape index (κ3) is 2.83. The molecule has 0 bridgehead atoms. The lowest BCUT2D eigenvalue weighted by Crippen LogP contribution is -2.23. The van der Waals surface area contributed by atoms with E-state index in [0.717, 1.165) is 18.9 Å². The van der Waals surface area contributed by atoms with E-state index in [-0.39, 0.29) is 0 Å². The largest absolute Gasteiger partial charge is 0.353 e. The number of hydrogen-bond donors (Lipinski definition) is 0. The van der Waals surface area contributed by atoms with Gasteiger partial charge in [0.05, 0.1) is 11.6 Å². The first kappa shape index (κ1) is 12.1. The summed E-state index contributed by atoms with van der Waals surface area (Å²) in [5.74, 6) is 0.827. The average Bonchev–Trinajstić information content (AvgIpc) is 2.46. The molecular formula is C14H14N4. The van der Waals surface area contributed by atoms with Crippen LogP contribution in [0, 0.1) is 11.3 Å². The van der Waals surface area contributed by atoms with Crippen LogP contribution in [0.5, 0.6) is 0 Å². The quantitative estimate of drug-likeness (QED) is 0.820. The summed E-state index contributed by atoms with van der Waals surface area (Å²) in [7, 11) is 0. The fourth-order valence-electron chi connectivity index (χ4n) is 1.72. The third-order valence-electron chi connectivity index (χ3n) is 2.70. The van der Waals surface area contributed by atoms with Crippen molar-refractivity contribution < 1.29 is 0 Å². The first-order valence-corrected chi connectivity index (χ1v) is 5.83. The number of aromatic nitrogens is 2. The molecule has 0 radical (unpaired) electrons. The summed E-state index contributed by atoms with van der Waals surface area (Å²) in [6.45, 7) is 3.67. The van der Waals surface area contributed by atoms with Crippen LogP contribution in [0.3, 0.4) is 0 Å². The van der Waals surface area contributed by atoms with Gasteiger partial charge in [-0.25, -0.2) is 4.98 Å². The number of pyridine rings is 2. The first-order valence-electron chi connectivity index (χ1n) is 5.83. The van der Waals surface area contributed by atoms with Crippen LogP contribution in [-0.2, 0) is 6.54 Å². The van der Waals surface area contributed by atoms with E-state index in [0.29, 0.717) is 5.56 Å². The van der Waals surface area contributed by atoms with Gasteiger partial charge < -0.3 is 4.90 Å². The van der Waals surface area contributed by atoms with Gasteiger partial charge in [0.2, 0.25) is 0 Å². The Balaban J connectivity index is 2.21. The van der Waals surface area contributed by atoms with E-state index in [1.807, 2.05) is 18.2 Å². The molecule has 4 nitrogen and oxygen atoms in total. The molecule has 2 rings (SSSR count). The lowest BCUT2D eigenvalue weighted by atomic mass is 10.2. The molecule has 0 aromatic carbocycles. The summed E-state index contributed by atoms with van der Waals surface area (Å²) in [5, 5.41) is 8.90. The maximum atomic E-state index is 8.90. The van der Waals surface area contributed by atoms with Crippen LogP contribution in [0.4, 0.5) is 5.82 Å². The van der Waals surface area contributed by atoms with Crippen LogP contribution in [0.1, 0.15) is 18.1 Å². The van der Waals surface area contributed by atoms with Gasteiger partial charge in [-0.05, 0) is 36.8 Å². The zero-order valence-electron chi connectivity index (χ0n) is 10.2. The zero-order chi connectivity index (χ0) is 12.8. The second kappa shape index (κ2) is 5.78. The molecular weight excluding hydrogens is 224 g/mol. The lowest BCUT2D eigenvalue weighted by Gasteiger charge is -2.21. The van der Waals surface area contributed by atoms with Gasteiger partial charge in [0.15, 0.2) is 0 Å². The van der Waals surface area contributed by atoms with E-state index in [1.54, 1.807) is 24.7 Å². The molecule has 2 aromatic rings. The SMILES string of the molecule is CCN(Cc1ccncc1)c1cc(C#N)ccn1. The predicted molar refractivity (Wildman–Crippen MR) is 69.9 cm³/mol. The van der Waals surface area contributed by atoms with E-state index in [4.69, 9.17) is 5.26 Å². The molecule has 0 aliphatic carbocycles. The molecule has 0 atom stereocenters. The minimum absolute atomic E-state index is 0.633. The Morgan fingerprint density at radius 1 is 1.22 bits per heavy atom. The highest BCUT2D eigenvalue weighted by Gasteiger charge is 2.07. The standard InChI is InChI=1S/C14H14N4/c1-2-18(11-12-3-6-16-7-4-12)14-9-13(10-15)5-8-17-14/h3-9H,2,11H2,1H3. The van der Waals surface area contributed by atoms with Crippen molar-refractivity contribution in [3.63, 3.8) is 0 Å². The monoisotopic (exact) mass is 238 g/mol. The number of anilines is 1. The molecule has 0 aliphatic heterocycles. The van der Waals surface area contributed by atoms with Gasteiger partial charge in [-0.3, -0.25) is 4.98 Å². The van der Waals surface area contributed by atoms with Crippen molar-refractivity contribution in [1.82, 2.24) is 9.97 Å². The highest BCUT2D eigenvalue weighted by molar-refractivity contribution is 5.45. The van der Waals surface area contributed by atoms with Crippen molar-refractivity contribution in [2.75, 3.05) is 11.4 Å². The fraction of sp³-hybridized carbons (Fsp3) is 0.214. The molecule has 0 fully saturated rings.